The van der Waals surface area contributed by atoms with Crippen molar-refractivity contribution in [1.82, 2.24) is 14.8 Å². The zero-order chi connectivity index (χ0) is 12.4. The standard InChI is InChI=1S/C11H12N4O2/c1-7(16)10-3-2-9(5-13-10)15-6-8(4-14-15)11(12)17/h2-7,16H,1H3,(H2,12,17)/t7-/m1/s1. The van der Waals surface area contributed by atoms with E-state index in [0.717, 1.165) is 0 Å². The fourth-order valence-electron chi connectivity index (χ4n) is 1.37. The Morgan fingerprint density at radius 2 is 2.24 bits per heavy atom. The SMILES string of the molecule is C[C@@H](O)c1ccc(-n2cc(C(N)=O)cn2)cn1. The van der Waals surface area contributed by atoms with Gasteiger partial charge in [0.05, 0.1) is 35.4 Å². The molecule has 2 heterocycles. The van der Waals surface area contributed by atoms with Crippen LogP contribution in [0.2, 0.25) is 0 Å². The lowest BCUT2D eigenvalue weighted by Crippen LogP contribution is -2.09. The van der Waals surface area contributed by atoms with Crippen molar-refractivity contribution in [1.29, 1.82) is 0 Å². The number of nitrogens with two attached hydrogens (primary N) is 1. The van der Waals surface area contributed by atoms with Gasteiger partial charge in [-0.2, -0.15) is 5.10 Å². The quantitative estimate of drug-likeness (QED) is 0.801. The molecule has 0 radical (unpaired) electrons. The Bertz CT molecular complexity index is 531. The molecule has 0 aromatic carbocycles. The molecule has 0 aliphatic rings. The third-order valence-corrected chi connectivity index (χ3v) is 2.33. The van der Waals surface area contributed by atoms with Crippen molar-refractivity contribution >= 4 is 5.91 Å². The lowest BCUT2D eigenvalue weighted by Gasteiger charge is -2.05. The first kappa shape index (κ1) is 11.3. The lowest BCUT2D eigenvalue weighted by molar-refractivity contribution is 0.100. The van der Waals surface area contributed by atoms with E-state index in [9.17, 15) is 9.90 Å². The zero-order valence-corrected chi connectivity index (χ0v) is 9.24. The maximum absolute atomic E-state index is 10.9. The van der Waals surface area contributed by atoms with Crippen molar-refractivity contribution in [2.75, 3.05) is 0 Å². The van der Waals surface area contributed by atoms with Crippen molar-refractivity contribution < 1.29 is 9.90 Å². The summed E-state index contributed by atoms with van der Waals surface area (Å²) < 4.78 is 1.50. The number of aliphatic hydroxyl groups is 1. The molecule has 0 bridgehead atoms. The molecule has 1 amide bonds. The van der Waals surface area contributed by atoms with Crippen LogP contribution in [0.15, 0.2) is 30.7 Å². The summed E-state index contributed by atoms with van der Waals surface area (Å²) in [7, 11) is 0. The van der Waals surface area contributed by atoms with Crippen LogP contribution in [0.3, 0.4) is 0 Å². The molecular weight excluding hydrogens is 220 g/mol. The predicted octanol–water partition coefficient (Wildman–Crippen LogP) is 0.420. The summed E-state index contributed by atoms with van der Waals surface area (Å²) in [5, 5.41) is 13.3. The van der Waals surface area contributed by atoms with E-state index in [0.29, 0.717) is 16.9 Å². The van der Waals surface area contributed by atoms with Crippen LogP contribution in [0.25, 0.3) is 5.69 Å². The molecule has 0 saturated carbocycles. The van der Waals surface area contributed by atoms with E-state index in [1.54, 1.807) is 25.3 Å². The van der Waals surface area contributed by atoms with Crippen molar-refractivity contribution in [3.05, 3.63) is 42.0 Å². The van der Waals surface area contributed by atoms with E-state index in [2.05, 4.69) is 10.1 Å². The van der Waals surface area contributed by atoms with Crippen LogP contribution in [0.4, 0.5) is 0 Å². The molecule has 0 unspecified atom stereocenters. The minimum absolute atomic E-state index is 0.338. The van der Waals surface area contributed by atoms with Gasteiger partial charge in [0.1, 0.15) is 0 Å². The van der Waals surface area contributed by atoms with Crippen molar-refractivity contribution in [3.63, 3.8) is 0 Å². The van der Waals surface area contributed by atoms with Gasteiger partial charge in [-0.1, -0.05) is 0 Å². The molecule has 6 heteroatoms. The van der Waals surface area contributed by atoms with Crippen LogP contribution in [0.1, 0.15) is 29.1 Å². The summed E-state index contributed by atoms with van der Waals surface area (Å²) in [6, 6.07) is 3.46. The van der Waals surface area contributed by atoms with Crippen LogP contribution in [-0.2, 0) is 0 Å². The zero-order valence-electron chi connectivity index (χ0n) is 9.24. The molecule has 2 aromatic heterocycles. The van der Waals surface area contributed by atoms with Gasteiger partial charge in [0.25, 0.3) is 5.91 Å². The predicted molar refractivity (Wildman–Crippen MR) is 60.5 cm³/mol. The summed E-state index contributed by atoms with van der Waals surface area (Å²) in [6.07, 6.45) is 3.88. The van der Waals surface area contributed by atoms with Crippen LogP contribution >= 0.6 is 0 Å². The number of rotatable bonds is 3. The second kappa shape index (κ2) is 4.34. The maximum Gasteiger partial charge on any atom is 0.251 e. The highest BCUT2D eigenvalue weighted by atomic mass is 16.3. The molecule has 0 aliphatic heterocycles. The third kappa shape index (κ3) is 2.31. The Labute approximate surface area is 97.7 Å². The second-order valence-electron chi connectivity index (χ2n) is 3.66. The monoisotopic (exact) mass is 232 g/mol. The lowest BCUT2D eigenvalue weighted by atomic mass is 10.2. The Kier molecular flexibility index (Phi) is 2.88. The summed E-state index contributed by atoms with van der Waals surface area (Å²) >= 11 is 0. The molecule has 2 aromatic rings. The van der Waals surface area contributed by atoms with Crippen LogP contribution < -0.4 is 5.73 Å². The highest BCUT2D eigenvalue weighted by Crippen LogP contribution is 2.12. The van der Waals surface area contributed by atoms with Gasteiger partial charge < -0.3 is 10.8 Å². The summed E-state index contributed by atoms with van der Waals surface area (Å²) in [6.45, 7) is 1.64. The summed E-state index contributed by atoms with van der Waals surface area (Å²) in [5.41, 5.74) is 6.74. The van der Waals surface area contributed by atoms with Crippen molar-refractivity contribution in [2.24, 2.45) is 5.73 Å². The normalized spacial score (nSPS) is 12.4. The topological polar surface area (TPSA) is 94.0 Å². The molecule has 0 saturated heterocycles. The molecule has 0 fully saturated rings. The molecule has 6 nitrogen and oxygen atoms in total. The Hall–Kier alpha value is -2.21. The van der Waals surface area contributed by atoms with Gasteiger partial charge in [-0.15, -0.1) is 0 Å². The minimum Gasteiger partial charge on any atom is -0.387 e. The number of aliphatic hydroxyl groups excluding tert-OH is 1. The van der Waals surface area contributed by atoms with E-state index < -0.39 is 12.0 Å². The Balaban J connectivity index is 2.30. The Morgan fingerprint density at radius 3 is 2.71 bits per heavy atom. The number of amides is 1. The van der Waals surface area contributed by atoms with E-state index in [4.69, 9.17) is 5.73 Å². The number of carbonyl (C=O) groups is 1. The van der Waals surface area contributed by atoms with Crippen molar-refractivity contribution in [2.45, 2.75) is 13.0 Å². The molecule has 17 heavy (non-hydrogen) atoms. The molecule has 0 aliphatic carbocycles. The molecular formula is C11H12N4O2. The first-order valence-electron chi connectivity index (χ1n) is 5.07. The summed E-state index contributed by atoms with van der Waals surface area (Å²) in [4.78, 5) is 15.0. The summed E-state index contributed by atoms with van der Waals surface area (Å²) in [5.74, 6) is -0.523. The molecule has 0 spiro atoms. The van der Waals surface area contributed by atoms with Gasteiger partial charge in [0.2, 0.25) is 0 Å². The highest BCUT2D eigenvalue weighted by molar-refractivity contribution is 5.92. The fraction of sp³-hybridized carbons (Fsp3) is 0.182. The Morgan fingerprint density at radius 1 is 1.47 bits per heavy atom. The average Bonchev–Trinajstić information content (AvgIpc) is 2.78. The number of hydrogen-bond acceptors (Lipinski definition) is 4. The van der Waals surface area contributed by atoms with Gasteiger partial charge in [0.15, 0.2) is 0 Å². The van der Waals surface area contributed by atoms with Gasteiger partial charge >= 0.3 is 0 Å². The number of nitrogens with zero attached hydrogens (tertiary/aromatic N) is 3. The third-order valence-electron chi connectivity index (χ3n) is 2.33. The molecule has 2 rings (SSSR count). The number of aromatic nitrogens is 3. The van der Waals surface area contributed by atoms with Crippen LogP contribution in [-0.4, -0.2) is 25.8 Å². The average molecular weight is 232 g/mol. The van der Waals surface area contributed by atoms with Gasteiger partial charge in [0, 0.05) is 6.20 Å². The largest absolute Gasteiger partial charge is 0.387 e. The van der Waals surface area contributed by atoms with Gasteiger partial charge in [-0.05, 0) is 19.1 Å². The van der Waals surface area contributed by atoms with E-state index >= 15 is 0 Å². The number of hydrogen-bond donors (Lipinski definition) is 2. The van der Waals surface area contributed by atoms with Crippen molar-refractivity contribution in [3.8, 4) is 5.69 Å². The number of carbonyl (C=O) groups excluding carboxylic acids is 1. The van der Waals surface area contributed by atoms with Gasteiger partial charge in [-0.25, -0.2) is 4.68 Å². The molecule has 88 valence electrons. The first-order chi connectivity index (χ1) is 8.08. The van der Waals surface area contributed by atoms with Crippen LogP contribution in [0.5, 0.6) is 0 Å². The van der Waals surface area contributed by atoms with E-state index in [1.807, 2.05) is 0 Å². The maximum atomic E-state index is 10.9. The fourth-order valence-corrected chi connectivity index (χ4v) is 1.37. The number of pyridine rings is 1. The van der Waals surface area contributed by atoms with Gasteiger partial charge in [-0.3, -0.25) is 9.78 Å². The molecule has 3 N–H and O–H groups in total. The number of primary amides is 1. The smallest absolute Gasteiger partial charge is 0.251 e. The van der Waals surface area contributed by atoms with E-state index in [1.165, 1.54) is 17.1 Å². The van der Waals surface area contributed by atoms with E-state index in [-0.39, 0.29) is 0 Å². The minimum atomic E-state index is -0.608. The molecule has 1 atom stereocenters. The highest BCUT2D eigenvalue weighted by Gasteiger charge is 2.07. The second-order valence-corrected chi connectivity index (χ2v) is 3.66. The van der Waals surface area contributed by atoms with Crippen LogP contribution in [0, 0.1) is 0 Å². The first-order valence-corrected chi connectivity index (χ1v) is 5.07.